The molecule has 0 spiro atoms. The first-order chi connectivity index (χ1) is 10.0. The summed E-state index contributed by atoms with van der Waals surface area (Å²) in [5.41, 5.74) is 0.204. The third kappa shape index (κ3) is 3.16. The van der Waals surface area contributed by atoms with Gasteiger partial charge in [-0.1, -0.05) is 0 Å². The second kappa shape index (κ2) is 6.04. The molecule has 2 amide bonds. The van der Waals surface area contributed by atoms with Gasteiger partial charge in [-0.3, -0.25) is 24.5 Å². The van der Waals surface area contributed by atoms with Crippen LogP contribution in [-0.4, -0.2) is 27.8 Å². The van der Waals surface area contributed by atoms with Gasteiger partial charge < -0.3 is 0 Å². The van der Waals surface area contributed by atoms with E-state index in [2.05, 4.69) is 4.99 Å². The van der Waals surface area contributed by atoms with E-state index in [4.69, 9.17) is 10.2 Å². The van der Waals surface area contributed by atoms with E-state index >= 15 is 0 Å². The number of nitro benzene ring substituents is 1. The fraction of sp³-hybridized carbons (Fsp3) is 0.250. The molecule has 1 aromatic rings. The van der Waals surface area contributed by atoms with Gasteiger partial charge in [-0.15, -0.1) is 0 Å². The summed E-state index contributed by atoms with van der Waals surface area (Å²) in [7, 11) is 0. The third-order valence-corrected chi connectivity index (χ3v) is 2.80. The average Bonchev–Trinajstić information content (AvgIpc) is 2.76. The van der Waals surface area contributed by atoms with E-state index in [0.29, 0.717) is 5.06 Å². The Bertz CT molecular complexity index is 650. The zero-order valence-corrected chi connectivity index (χ0v) is 10.7. The molecular weight excluding hydrogens is 280 g/mol. The Balaban J connectivity index is 2.22. The standard InChI is InChI=1S/C12H10N4O5/c13-7-14-9-1-2-10(16(19)20)8(5-9)6-21-15-11(17)3-4-12(15)18/h1-2,5,13H,3-4,6H2. The Labute approximate surface area is 118 Å². The molecule has 1 heterocycles. The predicted octanol–water partition coefficient (Wildman–Crippen LogP) is 1.56. The molecule has 108 valence electrons. The summed E-state index contributed by atoms with van der Waals surface area (Å²) in [5.74, 6) is -0.951. The van der Waals surface area contributed by atoms with Gasteiger partial charge in [0.2, 0.25) is 0 Å². The van der Waals surface area contributed by atoms with E-state index in [0.717, 1.165) is 0 Å². The molecule has 21 heavy (non-hydrogen) atoms. The number of nitrogens with zero attached hydrogens (tertiary/aromatic N) is 3. The van der Waals surface area contributed by atoms with Crippen molar-refractivity contribution in [2.45, 2.75) is 19.4 Å². The van der Waals surface area contributed by atoms with Gasteiger partial charge in [-0.05, 0) is 12.1 Å². The molecule has 0 unspecified atom stereocenters. The summed E-state index contributed by atoms with van der Waals surface area (Å²) >= 11 is 0. The number of hydroxylamine groups is 2. The molecule has 1 N–H and O–H groups in total. The van der Waals surface area contributed by atoms with Gasteiger partial charge >= 0.3 is 0 Å². The first-order valence-electron chi connectivity index (χ1n) is 5.91. The summed E-state index contributed by atoms with van der Waals surface area (Å²) in [6, 6.07) is 5.72. The van der Waals surface area contributed by atoms with Crippen LogP contribution in [0.15, 0.2) is 23.2 Å². The molecule has 1 fully saturated rings. The normalized spacial score (nSPS) is 14.2. The van der Waals surface area contributed by atoms with Crippen LogP contribution in [0.25, 0.3) is 0 Å². The summed E-state index contributed by atoms with van der Waals surface area (Å²) in [4.78, 5) is 41.7. The molecule has 0 atom stereocenters. The number of benzene rings is 1. The number of carbonyl (C=O) groups excluding carboxylic acids is 2. The smallest absolute Gasteiger partial charge is 0.272 e. The van der Waals surface area contributed by atoms with E-state index in [1.807, 2.05) is 6.01 Å². The van der Waals surface area contributed by atoms with Gasteiger partial charge in [0.1, 0.15) is 6.61 Å². The number of amides is 2. The Kier molecular flexibility index (Phi) is 4.17. The van der Waals surface area contributed by atoms with Crippen LogP contribution in [0.5, 0.6) is 0 Å². The predicted molar refractivity (Wildman–Crippen MR) is 68.8 cm³/mol. The number of hydrogen-bond donors (Lipinski definition) is 1. The Morgan fingerprint density at radius 2 is 2.05 bits per heavy atom. The maximum atomic E-state index is 11.4. The molecular formula is C12H10N4O5. The molecule has 1 aliphatic rings. The van der Waals surface area contributed by atoms with Crippen LogP contribution < -0.4 is 0 Å². The maximum Gasteiger partial charge on any atom is 0.275 e. The lowest BCUT2D eigenvalue weighted by Gasteiger charge is -2.13. The monoisotopic (exact) mass is 290 g/mol. The van der Waals surface area contributed by atoms with Crippen molar-refractivity contribution < 1.29 is 19.3 Å². The molecule has 9 nitrogen and oxygen atoms in total. The van der Waals surface area contributed by atoms with Crippen molar-refractivity contribution in [1.82, 2.24) is 5.06 Å². The summed E-state index contributed by atoms with van der Waals surface area (Å²) < 4.78 is 0. The number of nitro groups is 1. The van der Waals surface area contributed by atoms with E-state index in [1.54, 1.807) is 0 Å². The Morgan fingerprint density at radius 1 is 1.38 bits per heavy atom. The Morgan fingerprint density at radius 3 is 2.62 bits per heavy atom. The van der Waals surface area contributed by atoms with Crippen LogP contribution in [0.3, 0.4) is 0 Å². The Hall–Kier alpha value is -2.90. The average molecular weight is 290 g/mol. The van der Waals surface area contributed by atoms with Crippen LogP contribution in [0.2, 0.25) is 0 Å². The molecule has 2 rings (SSSR count). The van der Waals surface area contributed by atoms with E-state index in [9.17, 15) is 19.7 Å². The fourth-order valence-electron chi connectivity index (χ4n) is 1.83. The third-order valence-electron chi connectivity index (χ3n) is 2.80. The highest BCUT2D eigenvalue weighted by molar-refractivity contribution is 6.00. The molecule has 0 saturated carbocycles. The minimum Gasteiger partial charge on any atom is -0.272 e. The SMILES string of the molecule is N=C=Nc1ccc([N+](=O)[O-])c(CON2C(=O)CCC2=O)c1. The molecule has 1 aromatic carbocycles. The van der Waals surface area contributed by atoms with Crippen LogP contribution in [0.1, 0.15) is 18.4 Å². The van der Waals surface area contributed by atoms with Crippen LogP contribution >= 0.6 is 0 Å². The van der Waals surface area contributed by atoms with Gasteiger partial charge in [-0.2, -0.15) is 10.1 Å². The van der Waals surface area contributed by atoms with Crippen LogP contribution in [0, 0.1) is 15.5 Å². The zero-order chi connectivity index (χ0) is 15.4. The summed E-state index contributed by atoms with van der Waals surface area (Å²) in [6.45, 7) is -0.324. The first kappa shape index (κ1) is 14.5. The molecule has 9 heteroatoms. The number of hydrogen-bond acceptors (Lipinski definition) is 7. The largest absolute Gasteiger partial charge is 0.275 e. The number of imide groups is 1. The highest BCUT2D eigenvalue weighted by Gasteiger charge is 2.30. The van der Waals surface area contributed by atoms with Crippen molar-refractivity contribution in [2.75, 3.05) is 0 Å². The fourth-order valence-corrected chi connectivity index (χ4v) is 1.83. The van der Waals surface area contributed by atoms with Gasteiger partial charge in [0, 0.05) is 18.9 Å². The lowest BCUT2D eigenvalue weighted by molar-refractivity contribution is -0.386. The van der Waals surface area contributed by atoms with Crippen molar-refractivity contribution in [3.8, 4) is 0 Å². The van der Waals surface area contributed by atoms with Crippen molar-refractivity contribution in [3.05, 3.63) is 33.9 Å². The van der Waals surface area contributed by atoms with Crippen LogP contribution in [0.4, 0.5) is 11.4 Å². The van der Waals surface area contributed by atoms with E-state index < -0.39 is 16.7 Å². The summed E-state index contributed by atoms with van der Waals surface area (Å²) in [5, 5.41) is 18.3. The minimum atomic E-state index is -0.607. The lowest BCUT2D eigenvalue weighted by Crippen LogP contribution is -2.29. The van der Waals surface area contributed by atoms with Gasteiger partial charge in [0.05, 0.1) is 22.2 Å². The summed E-state index contributed by atoms with van der Waals surface area (Å²) in [6.07, 6.45) is 0.137. The highest BCUT2D eigenvalue weighted by atomic mass is 16.7. The molecule has 0 aliphatic carbocycles. The molecule has 1 aliphatic heterocycles. The second-order valence-electron chi connectivity index (χ2n) is 4.15. The molecule has 0 radical (unpaired) electrons. The number of nitrogens with one attached hydrogen (secondary N) is 1. The quantitative estimate of drug-likeness (QED) is 0.381. The second-order valence-corrected chi connectivity index (χ2v) is 4.15. The van der Waals surface area contributed by atoms with E-state index in [1.165, 1.54) is 18.2 Å². The van der Waals surface area contributed by atoms with Crippen molar-refractivity contribution in [2.24, 2.45) is 4.99 Å². The van der Waals surface area contributed by atoms with Crippen molar-refractivity contribution >= 4 is 29.2 Å². The van der Waals surface area contributed by atoms with Crippen LogP contribution in [-0.2, 0) is 21.0 Å². The van der Waals surface area contributed by atoms with E-state index in [-0.39, 0.29) is 36.4 Å². The lowest BCUT2D eigenvalue weighted by atomic mass is 10.1. The molecule has 0 aromatic heterocycles. The number of aliphatic imine (C=N–C) groups is 1. The first-order valence-corrected chi connectivity index (χ1v) is 5.91. The number of rotatable bonds is 5. The highest BCUT2D eigenvalue weighted by Crippen LogP contribution is 2.26. The topological polar surface area (TPSA) is 126 Å². The molecule has 1 saturated heterocycles. The van der Waals surface area contributed by atoms with Crippen molar-refractivity contribution in [3.63, 3.8) is 0 Å². The van der Waals surface area contributed by atoms with Gasteiger partial charge in [0.15, 0.2) is 0 Å². The van der Waals surface area contributed by atoms with Gasteiger partial charge in [0.25, 0.3) is 17.5 Å². The zero-order valence-electron chi connectivity index (χ0n) is 10.7. The number of carbonyl (C=O) groups is 2. The minimum absolute atomic E-state index is 0.0685. The van der Waals surface area contributed by atoms with Gasteiger partial charge in [-0.25, -0.2) is 5.41 Å². The van der Waals surface area contributed by atoms with Crippen molar-refractivity contribution in [1.29, 1.82) is 5.41 Å². The molecule has 0 bridgehead atoms. The maximum absolute atomic E-state index is 11.4.